The molecule has 1 aliphatic carbocycles. The van der Waals surface area contributed by atoms with Gasteiger partial charge in [-0.05, 0) is 53.8 Å². The molecule has 7 heteroatoms. The number of rotatable bonds is 5. The standard InChI is InChI=1S/C24H27FO5S/c1-13-2-3-15(24-23(29)22(28)21(27)19(12-26)30-24)10-16(13)11-18-8-9-20(31-18)14-4-6-17(25)7-5-14/h2-4,6,8-10,19,21-24,26-29H,5,7,11-12H2,1H3. The van der Waals surface area contributed by atoms with Crippen molar-refractivity contribution in [3.8, 4) is 0 Å². The first-order valence-electron chi connectivity index (χ1n) is 10.4. The highest BCUT2D eigenvalue weighted by Crippen LogP contribution is 2.35. The smallest absolute Gasteiger partial charge is 0.113 e. The number of halogens is 1. The quantitative estimate of drug-likeness (QED) is 0.566. The number of hydrogen-bond acceptors (Lipinski definition) is 6. The maximum atomic E-state index is 13.3. The third-order valence-corrected chi connectivity index (χ3v) is 7.20. The fraction of sp³-hybridized carbons (Fsp3) is 0.417. The minimum atomic E-state index is -1.40. The van der Waals surface area contributed by atoms with E-state index in [0.29, 0.717) is 24.8 Å². The summed E-state index contributed by atoms with van der Waals surface area (Å²) in [5, 5.41) is 40.0. The molecule has 2 heterocycles. The normalized spacial score (nSPS) is 28.9. The predicted molar refractivity (Wildman–Crippen MR) is 117 cm³/mol. The summed E-state index contributed by atoms with van der Waals surface area (Å²) in [6.07, 6.45) is -0.628. The van der Waals surface area contributed by atoms with E-state index in [-0.39, 0.29) is 5.83 Å². The second-order valence-electron chi connectivity index (χ2n) is 8.18. The van der Waals surface area contributed by atoms with E-state index in [1.54, 1.807) is 11.3 Å². The lowest BCUT2D eigenvalue weighted by atomic mass is 9.89. The second kappa shape index (κ2) is 9.32. The number of aryl methyl sites for hydroxylation is 1. The van der Waals surface area contributed by atoms with Gasteiger partial charge in [-0.1, -0.05) is 24.3 Å². The van der Waals surface area contributed by atoms with Crippen LogP contribution >= 0.6 is 11.3 Å². The van der Waals surface area contributed by atoms with Crippen LogP contribution in [0, 0.1) is 6.92 Å². The molecule has 0 spiro atoms. The van der Waals surface area contributed by atoms with Gasteiger partial charge in [0.2, 0.25) is 0 Å². The van der Waals surface area contributed by atoms with Gasteiger partial charge in [-0.3, -0.25) is 0 Å². The average molecular weight is 447 g/mol. The first kappa shape index (κ1) is 22.3. The summed E-state index contributed by atoms with van der Waals surface area (Å²) in [6, 6.07) is 9.87. The summed E-state index contributed by atoms with van der Waals surface area (Å²) in [5.41, 5.74) is 3.98. The maximum absolute atomic E-state index is 13.3. The van der Waals surface area contributed by atoms with Gasteiger partial charge < -0.3 is 25.2 Å². The number of benzene rings is 1. The minimum absolute atomic E-state index is 0.0823. The zero-order chi connectivity index (χ0) is 22.1. The molecule has 0 bridgehead atoms. The van der Waals surface area contributed by atoms with Crippen molar-refractivity contribution in [2.45, 2.75) is 56.7 Å². The van der Waals surface area contributed by atoms with Crippen molar-refractivity contribution in [2.75, 3.05) is 6.61 Å². The minimum Gasteiger partial charge on any atom is -0.394 e. The van der Waals surface area contributed by atoms with Crippen LogP contribution in [0.2, 0.25) is 0 Å². The number of hydrogen-bond donors (Lipinski definition) is 4. The average Bonchev–Trinajstić information content (AvgIpc) is 3.23. The molecule has 2 aromatic rings. The molecular formula is C24H27FO5S. The molecule has 4 rings (SSSR count). The molecule has 0 saturated carbocycles. The van der Waals surface area contributed by atoms with Gasteiger partial charge in [0.25, 0.3) is 0 Å². The summed E-state index contributed by atoms with van der Waals surface area (Å²) in [6.45, 7) is 1.56. The molecule has 5 atom stereocenters. The molecule has 0 radical (unpaired) electrons. The number of allylic oxidation sites excluding steroid dienone is 4. The molecule has 1 aromatic heterocycles. The highest BCUT2D eigenvalue weighted by Gasteiger charge is 2.43. The van der Waals surface area contributed by atoms with Gasteiger partial charge in [-0.2, -0.15) is 0 Å². The molecule has 1 aromatic carbocycles. The first-order valence-corrected chi connectivity index (χ1v) is 11.2. The number of thiophene rings is 1. The summed E-state index contributed by atoms with van der Waals surface area (Å²) in [4.78, 5) is 2.31. The Labute approximate surface area is 184 Å². The van der Waals surface area contributed by atoms with E-state index in [1.807, 2.05) is 31.2 Å². The van der Waals surface area contributed by atoms with E-state index in [4.69, 9.17) is 4.74 Å². The summed E-state index contributed by atoms with van der Waals surface area (Å²) in [7, 11) is 0. The lowest BCUT2D eigenvalue weighted by Crippen LogP contribution is -2.55. The molecule has 1 saturated heterocycles. The van der Waals surface area contributed by atoms with Crippen LogP contribution in [-0.2, 0) is 11.2 Å². The Morgan fingerprint density at radius 1 is 1.03 bits per heavy atom. The van der Waals surface area contributed by atoms with Crippen LogP contribution in [0.4, 0.5) is 4.39 Å². The van der Waals surface area contributed by atoms with Crippen LogP contribution < -0.4 is 0 Å². The van der Waals surface area contributed by atoms with Crippen LogP contribution in [0.25, 0.3) is 5.57 Å². The van der Waals surface area contributed by atoms with Gasteiger partial charge in [0, 0.05) is 22.6 Å². The molecule has 1 fully saturated rings. The van der Waals surface area contributed by atoms with E-state index in [1.165, 1.54) is 11.0 Å². The fourth-order valence-electron chi connectivity index (χ4n) is 4.09. The molecule has 166 valence electrons. The summed E-state index contributed by atoms with van der Waals surface area (Å²) < 4.78 is 19.0. The van der Waals surface area contributed by atoms with Crippen LogP contribution in [0.5, 0.6) is 0 Å². The number of aliphatic hydroxyl groups is 4. The Hall–Kier alpha value is -1.87. The molecule has 5 nitrogen and oxygen atoms in total. The van der Waals surface area contributed by atoms with Crippen molar-refractivity contribution < 1.29 is 29.6 Å². The Kier molecular flexibility index (Phi) is 6.71. The third-order valence-electron chi connectivity index (χ3n) is 6.04. The predicted octanol–water partition coefficient (Wildman–Crippen LogP) is 3.19. The monoisotopic (exact) mass is 446 g/mol. The SMILES string of the molecule is Cc1ccc(C2OC(CO)C(O)C(O)C2O)cc1Cc1ccc(C2=CC=C(F)CC2)s1. The molecule has 0 amide bonds. The second-order valence-corrected chi connectivity index (χ2v) is 9.35. The Morgan fingerprint density at radius 3 is 2.55 bits per heavy atom. The van der Waals surface area contributed by atoms with Gasteiger partial charge in [0.1, 0.15) is 36.3 Å². The zero-order valence-electron chi connectivity index (χ0n) is 17.2. The van der Waals surface area contributed by atoms with Crippen molar-refractivity contribution in [1.29, 1.82) is 0 Å². The molecule has 5 unspecified atom stereocenters. The lowest BCUT2D eigenvalue weighted by molar-refractivity contribution is -0.231. The van der Waals surface area contributed by atoms with Gasteiger partial charge in [-0.25, -0.2) is 4.39 Å². The molecule has 2 aliphatic rings. The van der Waals surface area contributed by atoms with E-state index in [0.717, 1.165) is 21.6 Å². The first-order chi connectivity index (χ1) is 14.9. The number of aliphatic hydroxyl groups excluding tert-OH is 4. The lowest BCUT2D eigenvalue weighted by Gasteiger charge is -2.40. The van der Waals surface area contributed by atoms with Crippen molar-refractivity contribution >= 4 is 16.9 Å². The van der Waals surface area contributed by atoms with Crippen LogP contribution in [0.1, 0.15) is 45.4 Å². The highest BCUT2D eigenvalue weighted by atomic mass is 32.1. The van der Waals surface area contributed by atoms with Crippen molar-refractivity contribution in [2.24, 2.45) is 0 Å². The molecule has 31 heavy (non-hydrogen) atoms. The summed E-state index contributed by atoms with van der Waals surface area (Å²) >= 11 is 1.68. The van der Waals surface area contributed by atoms with Crippen molar-refractivity contribution in [3.05, 3.63) is 74.8 Å². The maximum Gasteiger partial charge on any atom is 0.113 e. The van der Waals surface area contributed by atoms with E-state index < -0.39 is 37.1 Å². The topological polar surface area (TPSA) is 90.2 Å². The van der Waals surface area contributed by atoms with Gasteiger partial charge >= 0.3 is 0 Å². The van der Waals surface area contributed by atoms with E-state index >= 15 is 0 Å². The number of ether oxygens (including phenoxy) is 1. The highest BCUT2D eigenvalue weighted by molar-refractivity contribution is 7.13. The van der Waals surface area contributed by atoms with Crippen molar-refractivity contribution in [3.63, 3.8) is 0 Å². The Bertz CT molecular complexity index is 996. The molecule has 4 N–H and O–H groups in total. The molecule has 1 aliphatic heterocycles. The van der Waals surface area contributed by atoms with Gasteiger partial charge in [0.15, 0.2) is 0 Å². The van der Waals surface area contributed by atoms with Crippen LogP contribution in [0.15, 0.2) is 48.3 Å². The van der Waals surface area contributed by atoms with Gasteiger partial charge in [0.05, 0.1) is 6.61 Å². The van der Waals surface area contributed by atoms with Crippen LogP contribution in [0.3, 0.4) is 0 Å². The Balaban J connectivity index is 1.55. The van der Waals surface area contributed by atoms with E-state index in [2.05, 4.69) is 12.1 Å². The molecular weight excluding hydrogens is 419 g/mol. The van der Waals surface area contributed by atoms with Crippen LogP contribution in [-0.4, -0.2) is 51.4 Å². The van der Waals surface area contributed by atoms with Gasteiger partial charge in [-0.15, -0.1) is 11.3 Å². The third kappa shape index (κ3) is 4.67. The zero-order valence-corrected chi connectivity index (χ0v) is 18.1. The van der Waals surface area contributed by atoms with E-state index in [9.17, 15) is 24.8 Å². The largest absolute Gasteiger partial charge is 0.394 e. The Morgan fingerprint density at radius 2 is 1.84 bits per heavy atom. The summed E-state index contributed by atoms with van der Waals surface area (Å²) in [5.74, 6) is -0.0823. The fourth-order valence-corrected chi connectivity index (χ4v) is 5.17. The van der Waals surface area contributed by atoms with Crippen molar-refractivity contribution in [1.82, 2.24) is 0 Å².